The SMILES string of the molecule is CN(c1ccc(NC(=O)Nc2ccccc2)cc1)S(=O)(=O)c1cnn(-c2cnn(C)c2)c1. The molecular formula is C21H21N7O3S. The van der Waals surface area contributed by atoms with Crippen molar-refractivity contribution in [3.8, 4) is 5.69 Å². The van der Waals surface area contributed by atoms with Crippen molar-refractivity contribution in [2.75, 3.05) is 22.0 Å². The van der Waals surface area contributed by atoms with Crippen LogP contribution in [0.2, 0.25) is 0 Å². The van der Waals surface area contributed by atoms with Gasteiger partial charge in [-0.25, -0.2) is 17.9 Å². The summed E-state index contributed by atoms with van der Waals surface area (Å²) in [6.45, 7) is 0. The van der Waals surface area contributed by atoms with Crippen molar-refractivity contribution in [1.29, 1.82) is 0 Å². The minimum Gasteiger partial charge on any atom is -0.308 e. The van der Waals surface area contributed by atoms with Crippen molar-refractivity contribution in [2.45, 2.75) is 4.90 Å². The Morgan fingerprint density at radius 1 is 0.906 bits per heavy atom. The van der Waals surface area contributed by atoms with E-state index in [0.29, 0.717) is 22.7 Å². The molecule has 0 bridgehead atoms. The highest BCUT2D eigenvalue weighted by Crippen LogP contribution is 2.24. The second kappa shape index (κ2) is 8.55. The summed E-state index contributed by atoms with van der Waals surface area (Å²) in [5.74, 6) is 0. The number of nitrogens with zero attached hydrogens (tertiary/aromatic N) is 5. The molecule has 0 radical (unpaired) electrons. The zero-order valence-electron chi connectivity index (χ0n) is 17.4. The molecule has 4 aromatic rings. The van der Waals surface area contributed by atoms with E-state index in [1.807, 2.05) is 18.2 Å². The summed E-state index contributed by atoms with van der Waals surface area (Å²) in [5, 5.41) is 13.6. The number of nitrogens with one attached hydrogen (secondary N) is 2. The summed E-state index contributed by atoms with van der Waals surface area (Å²) in [4.78, 5) is 12.2. The number of amides is 2. The molecule has 2 amide bonds. The molecule has 0 unspecified atom stereocenters. The van der Waals surface area contributed by atoms with Crippen LogP contribution in [0.3, 0.4) is 0 Å². The fourth-order valence-electron chi connectivity index (χ4n) is 2.97. The third-order valence-electron chi connectivity index (χ3n) is 4.69. The van der Waals surface area contributed by atoms with Crippen LogP contribution in [-0.4, -0.2) is 41.1 Å². The second-order valence-corrected chi connectivity index (χ2v) is 8.93. The van der Waals surface area contributed by atoms with Gasteiger partial charge in [-0.3, -0.25) is 8.99 Å². The van der Waals surface area contributed by atoms with E-state index in [-0.39, 0.29) is 4.90 Å². The van der Waals surface area contributed by atoms with Gasteiger partial charge in [-0.1, -0.05) is 18.2 Å². The van der Waals surface area contributed by atoms with Crippen molar-refractivity contribution in [3.05, 3.63) is 79.4 Å². The van der Waals surface area contributed by atoms with E-state index in [4.69, 9.17) is 0 Å². The van der Waals surface area contributed by atoms with Gasteiger partial charge in [0.15, 0.2) is 0 Å². The second-order valence-electron chi connectivity index (χ2n) is 6.96. The normalized spacial score (nSPS) is 11.2. The minimum absolute atomic E-state index is 0.0493. The maximum absolute atomic E-state index is 13.0. The van der Waals surface area contributed by atoms with Gasteiger partial charge in [-0.05, 0) is 36.4 Å². The minimum atomic E-state index is -3.83. The number of sulfonamides is 1. The number of aromatic nitrogens is 4. The number of carbonyl (C=O) groups is 1. The molecule has 164 valence electrons. The molecule has 0 aliphatic rings. The number of benzene rings is 2. The predicted octanol–water partition coefficient (Wildman–Crippen LogP) is 3.07. The van der Waals surface area contributed by atoms with Crippen LogP contribution in [0.25, 0.3) is 5.69 Å². The molecule has 0 fully saturated rings. The van der Waals surface area contributed by atoms with Crippen LogP contribution in [0.1, 0.15) is 0 Å². The largest absolute Gasteiger partial charge is 0.323 e. The summed E-state index contributed by atoms with van der Waals surface area (Å²) < 4.78 is 30.3. The maximum atomic E-state index is 13.0. The van der Waals surface area contributed by atoms with Crippen molar-refractivity contribution >= 4 is 33.1 Å². The molecule has 11 heteroatoms. The Kier molecular flexibility index (Phi) is 5.65. The summed E-state index contributed by atoms with van der Waals surface area (Å²) >= 11 is 0. The van der Waals surface area contributed by atoms with Gasteiger partial charge in [0.2, 0.25) is 0 Å². The number of para-hydroxylation sites is 1. The van der Waals surface area contributed by atoms with E-state index < -0.39 is 16.1 Å². The molecule has 32 heavy (non-hydrogen) atoms. The smallest absolute Gasteiger partial charge is 0.308 e. The molecule has 0 saturated carbocycles. The van der Waals surface area contributed by atoms with E-state index in [1.54, 1.807) is 60.5 Å². The topological polar surface area (TPSA) is 114 Å². The van der Waals surface area contributed by atoms with Crippen LogP contribution in [0.15, 0.2) is 84.3 Å². The number of hydrogen-bond acceptors (Lipinski definition) is 5. The van der Waals surface area contributed by atoms with E-state index >= 15 is 0 Å². The van der Waals surface area contributed by atoms with Crippen molar-refractivity contribution in [1.82, 2.24) is 19.6 Å². The first-order valence-electron chi connectivity index (χ1n) is 9.59. The summed E-state index contributed by atoms with van der Waals surface area (Å²) in [5.41, 5.74) is 2.28. The lowest BCUT2D eigenvalue weighted by atomic mass is 10.3. The number of aryl methyl sites for hydroxylation is 1. The first-order chi connectivity index (χ1) is 15.3. The summed E-state index contributed by atoms with van der Waals surface area (Å²) in [7, 11) is -0.600. The van der Waals surface area contributed by atoms with Crippen LogP contribution < -0.4 is 14.9 Å². The third kappa shape index (κ3) is 4.47. The quantitative estimate of drug-likeness (QED) is 0.468. The number of rotatable bonds is 6. The zero-order valence-corrected chi connectivity index (χ0v) is 18.2. The van der Waals surface area contributed by atoms with Gasteiger partial charge in [0.05, 0.1) is 30.5 Å². The molecule has 10 nitrogen and oxygen atoms in total. The van der Waals surface area contributed by atoms with Crippen molar-refractivity contribution < 1.29 is 13.2 Å². The van der Waals surface area contributed by atoms with Gasteiger partial charge >= 0.3 is 6.03 Å². The lowest BCUT2D eigenvalue weighted by Crippen LogP contribution is -2.26. The fourth-order valence-corrected chi connectivity index (χ4v) is 4.10. The Morgan fingerprint density at radius 3 is 2.19 bits per heavy atom. The molecule has 2 N–H and O–H groups in total. The molecule has 0 saturated heterocycles. The van der Waals surface area contributed by atoms with E-state index in [2.05, 4.69) is 20.8 Å². The standard InChI is InChI=1S/C21H21N7O3S/c1-26-14-19(12-22-26)28-15-20(13-23-28)32(30,31)27(2)18-10-8-17(9-11-18)25-21(29)24-16-6-4-3-5-7-16/h3-15H,1-2H3,(H2,24,25,29). The first-order valence-corrected chi connectivity index (χ1v) is 11.0. The van der Waals surface area contributed by atoms with Gasteiger partial charge < -0.3 is 10.6 Å². The third-order valence-corrected chi connectivity index (χ3v) is 6.43. The van der Waals surface area contributed by atoms with Crippen LogP contribution in [-0.2, 0) is 17.1 Å². The fraction of sp³-hybridized carbons (Fsp3) is 0.0952. The Balaban J connectivity index is 1.45. The summed E-state index contributed by atoms with van der Waals surface area (Å²) in [6, 6.07) is 15.1. The van der Waals surface area contributed by atoms with Crippen LogP contribution in [0.4, 0.5) is 21.9 Å². The van der Waals surface area contributed by atoms with Gasteiger partial charge in [0.25, 0.3) is 10.0 Å². The number of carbonyl (C=O) groups excluding carboxylic acids is 1. The monoisotopic (exact) mass is 451 g/mol. The number of hydrogen-bond donors (Lipinski definition) is 2. The lowest BCUT2D eigenvalue weighted by Gasteiger charge is -2.19. The van der Waals surface area contributed by atoms with E-state index in [9.17, 15) is 13.2 Å². The van der Waals surface area contributed by atoms with E-state index in [1.165, 1.54) is 24.1 Å². The Hall–Kier alpha value is -4.12. The van der Waals surface area contributed by atoms with Crippen molar-refractivity contribution in [2.24, 2.45) is 7.05 Å². The highest BCUT2D eigenvalue weighted by Gasteiger charge is 2.23. The van der Waals surface area contributed by atoms with Gasteiger partial charge in [0.1, 0.15) is 10.6 Å². The molecule has 4 rings (SSSR count). The number of anilines is 3. The van der Waals surface area contributed by atoms with E-state index in [0.717, 1.165) is 4.31 Å². The average molecular weight is 452 g/mol. The molecule has 0 spiro atoms. The van der Waals surface area contributed by atoms with Crippen molar-refractivity contribution in [3.63, 3.8) is 0 Å². The molecule has 2 aromatic carbocycles. The number of urea groups is 1. The Morgan fingerprint density at radius 2 is 1.56 bits per heavy atom. The van der Waals surface area contributed by atoms with Crippen LogP contribution in [0, 0.1) is 0 Å². The molecule has 0 atom stereocenters. The highest BCUT2D eigenvalue weighted by molar-refractivity contribution is 7.92. The molecule has 0 aliphatic heterocycles. The lowest BCUT2D eigenvalue weighted by molar-refractivity contribution is 0.262. The van der Waals surface area contributed by atoms with Crippen LogP contribution in [0.5, 0.6) is 0 Å². The molecule has 0 aliphatic carbocycles. The van der Waals surface area contributed by atoms with Crippen LogP contribution >= 0.6 is 0 Å². The predicted molar refractivity (Wildman–Crippen MR) is 121 cm³/mol. The summed E-state index contributed by atoms with van der Waals surface area (Å²) in [6.07, 6.45) is 6.05. The molecular weight excluding hydrogens is 430 g/mol. The average Bonchev–Trinajstić information content (AvgIpc) is 3.44. The maximum Gasteiger partial charge on any atom is 0.323 e. The van der Waals surface area contributed by atoms with Gasteiger partial charge in [-0.15, -0.1) is 0 Å². The van der Waals surface area contributed by atoms with Gasteiger partial charge in [0, 0.05) is 25.5 Å². The highest BCUT2D eigenvalue weighted by atomic mass is 32.2. The first kappa shape index (κ1) is 21.1. The Bertz CT molecular complexity index is 1330. The molecule has 2 heterocycles. The Labute approximate surface area is 185 Å². The zero-order chi connectivity index (χ0) is 22.7. The van der Waals surface area contributed by atoms with Gasteiger partial charge in [-0.2, -0.15) is 10.2 Å². The molecule has 2 aromatic heterocycles.